The molecule has 1 amide bonds. The molecule has 7 heteroatoms. The topological polar surface area (TPSA) is 97.2 Å². The number of anilines is 2. The first-order chi connectivity index (χ1) is 10.1. The van der Waals surface area contributed by atoms with Crippen LogP contribution >= 0.6 is 0 Å². The van der Waals surface area contributed by atoms with E-state index in [4.69, 9.17) is 0 Å². The van der Waals surface area contributed by atoms with Crippen molar-refractivity contribution in [2.45, 2.75) is 6.92 Å². The van der Waals surface area contributed by atoms with Crippen LogP contribution in [0.2, 0.25) is 0 Å². The Labute approximate surface area is 121 Å². The Kier molecular flexibility index (Phi) is 4.45. The zero-order valence-corrected chi connectivity index (χ0v) is 11.4. The molecule has 0 atom stereocenters. The standard InChI is InChI=1S/C14H14N4O3/c1-2-16-10-5-6-13(18(20)21)12(8-10)14(19)17-11-4-3-7-15-9-11/h3-9,16H,2H2,1H3,(H,17,19). The molecule has 0 aliphatic heterocycles. The monoisotopic (exact) mass is 286 g/mol. The van der Waals surface area contributed by atoms with E-state index in [9.17, 15) is 14.9 Å². The fraction of sp³-hybridized carbons (Fsp3) is 0.143. The quantitative estimate of drug-likeness (QED) is 0.650. The lowest BCUT2D eigenvalue weighted by Crippen LogP contribution is -2.14. The van der Waals surface area contributed by atoms with E-state index in [2.05, 4.69) is 15.6 Å². The SMILES string of the molecule is CCNc1ccc([N+](=O)[O-])c(C(=O)Nc2cccnc2)c1. The molecule has 2 N–H and O–H groups in total. The number of aromatic nitrogens is 1. The number of hydrogen-bond donors (Lipinski definition) is 2. The number of pyridine rings is 1. The fourth-order valence-corrected chi connectivity index (χ4v) is 1.83. The van der Waals surface area contributed by atoms with Gasteiger partial charge in [-0.2, -0.15) is 0 Å². The van der Waals surface area contributed by atoms with Gasteiger partial charge in [-0.25, -0.2) is 0 Å². The molecule has 0 aliphatic carbocycles. The summed E-state index contributed by atoms with van der Waals surface area (Å²) in [6, 6.07) is 7.68. The van der Waals surface area contributed by atoms with E-state index >= 15 is 0 Å². The van der Waals surface area contributed by atoms with Crippen molar-refractivity contribution in [2.24, 2.45) is 0 Å². The summed E-state index contributed by atoms with van der Waals surface area (Å²) in [7, 11) is 0. The highest BCUT2D eigenvalue weighted by molar-refractivity contribution is 6.07. The van der Waals surface area contributed by atoms with Gasteiger partial charge in [0.1, 0.15) is 5.56 Å². The molecule has 1 aromatic heterocycles. The Morgan fingerprint density at radius 2 is 2.14 bits per heavy atom. The van der Waals surface area contributed by atoms with Crippen LogP contribution in [0.3, 0.4) is 0 Å². The van der Waals surface area contributed by atoms with E-state index in [1.807, 2.05) is 6.92 Å². The number of rotatable bonds is 5. The second-order valence-corrected chi connectivity index (χ2v) is 4.22. The molecule has 2 aromatic rings. The Balaban J connectivity index is 2.33. The number of benzene rings is 1. The molecule has 0 spiro atoms. The van der Waals surface area contributed by atoms with E-state index in [-0.39, 0.29) is 11.3 Å². The summed E-state index contributed by atoms with van der Waals surface area (Å²) < 4.78 is 0. The number of nitro benzene ring substituents is 1. The predicted molar refractivity (Wildman–Crippen MR) is 79.5 cm³/mol. The Morgan fingerprint density at radius 1 is 1.33 bits per heavy atom. The normalized spacial score (nSPS) is 9.95. The molecule has 0 aliphatic rings. The molecule has 108 valence electrons. The molecular weight excluding hydrogens is 272 g/mol. The maximum absolute atomic E-state index is 12.2. The largest absolute Gasteiger partial charge is 0.385 e. The Hall–Kier alpha value is -2.96. The lowest BCUT2D eigenvalue weighted by Gasteiger charge is -2.08. The van der Waals surface area contributed by atoms with Crippen molar-refractivity contribution in [3.05, 3.63) is 58.4 Å². The van der Waals surface area contributed by atoms with Crippen LogP contribution in [-0.2, 0) is 0 Å². The molecule has 1 heterocycles. The lowest BCUT2D eigenvalue weighted by molar-refractivity contribution is -0.385. The van der Waals surface area contributed by atoms with Gasteiger partial charge in [0, 0.05) is 24.5 Å². The van der Waals surface area contributed by atoms with Crippen molar-refractivity contribution in [2.75, 3.05) is 17.2 Å². The molecule has 21 heavy (non-hydrogen) atoms. The average molecular weight is 286 g/mol. The molecular formula is C14H14N4O3. The first kappa shape index (κ1) is 14.4. The van der Waals surface area contributed by atoms with Gasteiger partial charge >= 0.3 is 0 Å². The van der Waals surface area contributed by atoms with Crippen LogP contribution in [0.15, 0.2) is 42.7 Å². The molecule has 0 saturated heterocycles. The van der Waals surface area contributed by atoms with Gasteiger partial charge in [0.05, 0.1) is 16.8 Å². The van der Waals surface area contributed by atoms with Gasteiger partial charge in [0.25, 0.3) is 11.6 Å². The summed E-state index contributed by atoms with van der Waals surface area (Å²) in [5.41, 5.74) is 0.894. The highest BCUT2D eigenvalue weighted by Crippen LogP contribution is 2.23. The summed E-state index contributed by atoms with van der Waals surface area (Å²) in [6.45, 7) is 2.55. The summed E-state index contributed by atoms with van der Waals surface area (Å²) in [5.74, 6) is -0.547. The van der Waals surface area contributed by atoms with Crippen molar-refractivity contribution in [1.82, 2.24) is 4.98 Å². The molecule has 7 nitrogen and oxygen atoms in total. The first-order valence-electron chi connectivity index (χ1n) is 6.35. The average Bonchev–Trinajstić information content (AvgIpc) is 2.48. The van der Waals surface area contributed by atoms with Gasteiger partial charge in [0.15, 0.2) is 0 Å². The van der Waals surface area contributed by atoms with Crippen LogP contribution in [-0.4, -0.2) is 22.4 Å². The van der Waals surface area contributed by atoms with Crippen molar-refractivity contribution in [3.8, 4) is 0 Å². The minimum atomic E-state index is -0.576. The third kappa shape index (κ3) is 3.53. The number of nitrogens with one attached hydrogen (secondary N) is 2. The van der Waals surface area contributed by atoms with Gasteiger partial charge < -0.3 is 10.6 Å². The molecule has 0 fully saturated rings. The van der Waals surface area contributed by atoms with Crippen LogP contribution in [0.4, 0.5) is 17.1 Å². The number of amides is 1. The molecule has 0 bridgehead atoms. The number of nitrogens with zero attached hydrogens (tertiary/aromatic N) is 2. The molecule has 1 aromatic carbocycles. The van der Waals surface area contributed by atoms with Gasteiger partial charge in [-0.15, -0.1) is 0 Å². The molecule has 0 radical (unpaired) electrons. The van der Waals surface area contributed by atoms with Crippen molar-refractivity contribution in [1.29, 1.82) is 0 Å². The van der Waals surface area contributed by atoms with Gasteiger partial charge in [-0.3, -0.25) is 19.9 Å². The zero-order valence-electron chi connectivity index (χ0n) is 11.4. The van der Waals surface area contributed by atoms with Gasteiger partial charge in [-0.1, -0.05) is 0 Å². The number of hydrogen-bond acceptors (Lipinski definition) is 5. The summed E-state index contributed by atoms with van der Waals surface area (Å²) in [6.07, 6.45) is 3.04. The first-order valence-corrected chi connectivity index (χ1v) is 6.35. The fourth-order valence-electron chi connectivity index (χ4n) is 1.83. The van der Waals surface area contributed by atoms with E-state index < -0.39 is 10.8 Å². The predicted octanol–water partition coefficient (Wildman–Crippen LogP) is 2.67. The second kappa shape index (κ2) is 6.47. The van der Waals surface area contributed by atoms with E-state index in [0.29, 0.717) is 17.9 Å². The third-order valence-corrected chi connectivity index (χ3v) is 2.74. The van der Waals surface area contributed by atoms with Crippen LogP contribution in [0.1, 0.15) is 17.3 Å². The van der Waals surface area contributed by atoms with Crippen LogP contribution < -0.4 is 10.6 Å². The number of carbonyl (C=O) groups excluding carboxylic acids is 1. The maximum atomic E-state index is 12.2. The van der Waals surface area contributed by atoms with Crippen molar-refractivity contribution in [3.63, 3.8) is 0 Å². The highest BCUT2D eigenvalue weighted by atomic mass is 16.6. The Morgan fingerprint density at radius 3 is 2.76 bits per heavy atom. The van der Waals surface area contributed by atoms with E-state index in [1.165, 1.54) is 18.3 Å². The lowest BCUT2D eigenvalue weighted by atomic mass is 10.1. The van der Waals surface area contributed by atoms with Crippen molar-refractivity contribution < 1.29 is 9.72 Å². The third-order valence-electron chi connectivity index (χ3n) is 2.74. The minimum absolute atomic E-state index is 0.00213. The van der Waals surface area contributed by atoms with E-state index in [1.54, 1.807) is 24.4 Å². The highest BCUT2D eigenvalue weighted by Gasteiger charge is 2.20. The summed E-state index contributed by atoms with van der Waals surface area (Å²) >= 11 is 0. The smallest absolute Gasteiger partial charge is 0.282 e. The number of nitro groups is 1. The molecule has 0 saturated carbocycles. The summed E-state index contributed by atoms with van der Waals surface area (Å²) in [5, 5.41) is 16.6. The second-order valence-electron chi connectivity index (χ2n) is 4.22. The maximum Gasteiger partial charge on any atom is 0.282 e. The van der Waals surface area contributed by atoms with Crippen LogP contribution in [0, 0.1) is 10.1 Å². The zero-order chi connectivity index (χ0) is 15.2. The van der Waals surface area contributed by atoms with Crippen molar-refractivity contribution >= 4 is 23.0 Å². The molecule has 2 rings (SSSR count). The Bertz CT molecular complexity index is 659. The van der Waals surface area contributed by atoms with Crippen LogP contribution in [0.25, 0.3) is 0 Å². The van der Waals surface area contributed by atoms with E-state index in [0.717, 1.165) is 0 Å². The van der Waals surface area contributed by atoms with Gasteiger partial charge in [-0.05, 0) is 31.2 Å². The minimum Gasteiger partial charge on any atom is -0.385 e. The molecule has 0 unspecified atom stereocenters. The summed E-state index contributed by atoms with van der Waals surface area (Å²) in [4.78, 5) is 26.6. The number of carbonyl (C=O) groups is 1. The van der Waals surface area contributed by atoms with Crippen LogP contribution in [0.5, 0.6) is 0 Å². The van der Waals surface area contributed by atoms with Gasteiger partial charge in [0.2, 0.25) is 0 Å².